The normalized spacial score (nSPS) is 12.6. The highest BCUT2D eigenvalue weighted by molar-refractivity contribution is 9.10. The molecule has 0 fully saturated rings. The van der Waals surface area contributed by atoms with E-state index in [9.17, 15) is 0 Å². The molecule has 0 aliphatic heterocycles. The predicted molar refractivity (Wildman–Crippen MR) is 77.7 cm³/mol. The summed E-state index contributed by atoms with van der Waals surface area (Å²) in [5.74, 6) is 5.61. The molecule has 0 spiro atoms. The number of hydrogen-bond acceptors (Lipinski definition) is 4. The monoisotopic (exact) mass is 375 g/mol. The van der Waals surface area contributed by atoms with Crippen molar-refractivity contribution in [2.75, 3.05) is 0 Å². The molecule has 0 saturated heterocycles. The molecule has 17 heavy (non-hydrogen) atoms. The number of halogens is 2. The van der Waals surface area contributed by atoms with Crippen molar-refractivity contribution in [2.24, 2.45) is 5.84 Å². The van der Waals surface area contributed by atoms with E-state index in [4.69, 9.17) is 5.84 Å². The molecule has 0 amide bonds. The summed E-state index contributed by atoms with van der Waals surface area (Å²) >= 11 is 8.57. The summed E-state index contributed by atoms with van der Waals surface area (Å²) in [7, 11) is 0. The van der Waals surface area contributed by atoms with Gasteiger partial charge in [0.05, 0.1) is 6.04 Å². The van der Waals surface area contributed by atoms with E-state index >= 15 is 0 Å². The summed E-state index contributed by atoms with van der Waals surface area (Å²) in [6, 6.07) is 6.09. The van der Waals surface area contributed by atoms with Crippen LogP contribution in [0.15, 0.2) is 38.7 Å². The Morgan fingerprint density at radius 2 is 2.18 bits per heavy atom. The Morgan fingerprint density at radius 3 is 2.71 bits per heavy atom. The summed E-state index contributed by atoms with van der Waals surface area (Å²) in [5.41, 5.74) is 3.85. The molecular formula is C11H11Br2N3S. The molecule has 0 aliphatic carbocycles. The Morgan fingerprint density at radius 1 is 1.35 bits per heavy atom. The topological polar surface area (TPSA) is 50.9 Å². The predicted octanol–water partition coefficient (Wildman–Crippen LogP) is 3.42. The molecule has 0 aliphatic rings. The van der Waals surface area contributed by atoms with Gasteiger partial charge in [-0.2, -0.15) is 0 Å². The first-order chi connectivity index (χ1) is 8.20. The quantitative estimate of drug-likeness (QED) is 0.634. The fraction of sp³-hybridized carbons (Fsp3) is 0.182. The minimum Gasteiger partial charge on any atom is -0.271 e. The molecule has 1 atom stereocenters. The lowest BCUT2D eigenvalue weighted by molar-refractivity contribution is 0.553. The van der Waals surface area contributed by atoms with Crippen molar-refractivity contribution in [3.63, 3.8) is 0 Å². The van der Waals surface area contributed by atoms with Crippen LogP contribution in [-0.2, 0) is 6.42 Å². The smallest absolute Gasteiger partial charge is 0.0619 e. The minimum absolute atomic E-state index is 0.0815. The SMILES string of the molecule is NNC(Cc1ccc(Br)cn1)c1sccc1Br. The molecular weight excluding hydrogens is 366 g/mol. The van der Waals surface area contributed by atoms with Gasteiger partial charge in [-0.1, -0.05) is 0 Å². The second kappa shape index (κ2) is 6.06. The summed E-state index contributed by atoms with van der Waals surface area (Å²) in [5, 5.41) is 2.04. The van der Waals surface area contributed by atoms with Crippen molar-refractivity contribution < 1.29 is 0 Å². The van der Waals surface area contributed by atoms with E-state index in [0.29, 0.717) is 0 Å². The maximum Gasteiger partial charge on any atom is 0.0619 e. The van der Waals surface area contributed by atoms with Crippen molar-refractivity contribution in [3.05, 3.63) is 49.3 Å². The largest absolute Gasteiger partial charge is 0.271 e. The molecule has 2 rings (SSSR count). The molecule has 2 heterocycles. The summed E-state index contributed by atoms with van der Waals surface area (Å²) in [6.07, 6.45) is 2.56. The van der Waals surface area contributed by atoms with Crippen LogP contribution in [0.5, 0.6) is 0 Å². The standard InChI is InChI=1S/C11H11Br2N3S/c12-7-1-2-8(15-6-7)5-10(16-14)11-9(13)3-4-17-11/h1-4,6,10,16H,5,14H2. The van der Waals surface area contributed by atoms with Gasteiger partial charge in [-0.25, -0.2) is 0 Å². The Balaban J connectivity index is 2.16. The van der Waals surface area contributed by atoms with E-state index in [1.54, 1.807) is 17.5 Å². The highest BCUT2D eigenvalue weighted by Crippen LogP contribution is 2.30. The van der Waals surface area contributed by atoms with Gasteiger partial charge in [0.1, 0.15) is 0 Å². The molecule has 3 N–H and O–H groups in total. The van der Waals surface area contributed by atoms with Gasteiger partial charge in [0.2, 0.25) is 0 Å². The van der Waals surface area contributed by atoms with E-state index < -0.39 is 0 Å². The summed E-state index contributed by atoms with van der Waals surface area (Å²) in [6.45, 7) is 0. The van der Waals surface area contributed by atoms with Crippen molar-refractivity contribution in [1.29, 1.82) is 0 Å². The number of nitrogens with zero attached hydrogens (tertiary/aromatic N) is 1. The van der Waals surface area contributed by atoms with Gasteiger partial charge in [0.15, 0.2) is 0 Å². The van der Waals surface area contributed by atoms with Crippen LogP contribution in [0.25, 0.3) is 0 Å². The third-order valence-electron chi connectivity index (χ3n) is 2.36. The maximum atomic E-state index is 5.61. The lowest BCUT2D eigenvalue weighted by Crippen LogP contribution is -2.29. The first kappa shape index (κ1) is 13.2. The fourth-order valence-electron chi connectivity index (χ4n) is 1.52. The number of aromatic nitrogens is 1. The van der Waals surface area contributed by atoms with Crippen LogP contribution in [0, 0.1) is 0 Å². The second-order valence-electron chi connectivity index (χ2n) is 3.52. The number of hydrazine groups is 1. The molecule has 0 aromatic carbocycles. The van der Waals surface area contributed by atoms with Crippen molar-refractivity contribution >= 4 is 43.2 Å². The van der Waals surface area contributed by atoms with Crippen LogP contribution in [0.2, 0.25) is 0 Å². The van der Waals surface area contributed by atoms with Gasteiger partial charge in [0.25, 0.3) is 0 Å². The van der Waals surface area contributed by atoms with Gasteiger partial charge in [-0.3, -0.25) is 16.3 Å². The molecule has 90 valence electrons. The van der Waals surface area contributed by atoms with Crippen LogP contribution in [-0.4, -0.2) is 4.98 Å². The zero-order valence-electron chi connectivity index (χ0n) is 8.86. The van der Waals surface area contributed by atoms with Gasteiger partial charge in [-0.15, -0.1) is 11.3 Å². The molecule has 0 saturated carbocycles. The average molecular weight is 377 g/mol. The molecule has 2 aromatic heterocycles. The molecule has 3 nitrogen and oxygen atoms in total. The van der Waals surface area contributed by atoms with Crippen LogP contribution < -0.4 is 11.3 Å². The molecule has 2 aromatic rings. The Kier molecular flexibility index (Phi) is 4.69. The van der Waals surface area contributed by atoms with E-state index in [1.165, 1.54) is 4.88 Å². The Bertz CT molecular complexity index is 484. The third-order valence-corrected chi connectivity index (χ3v) is 4.82. The third kappa shape index (κ3) is 3.35. The summed E-state index contributed by atoms with van der Waals surface area (Å²) in [4.78, 5) is 5.54. The van der Waals surface area contributed by atoms with Crippen molar-refractivity contribution in [3.8, 4) is 0 Å². The molecule has 0 bridgehead atoms. The number of pyridine rings is 1. The van der Waals surface area contributed by atoms with Crippen molar-refractivity contribution in [2.45, 2.75) is 12.5 Å². The van der Waals surface area contributed by atoms with Gasteiger partial charge < -0.3 is 0 Å². The zero-order valence-corrected chi connectivity index (χ0v) is 12.8. The second-order valence-corrected chi connectivity index (χ2v) is 6.24. The van der Waals surface area contributed by atoms with E-state index in [2.05, 4.69) is 42.3 Å². The van der Waals surface area contributed by atoms with Gasteiger partial charge >= 0.3 is 0 Å². The van der Waals surface area contributed by atoms with Crippen molar-refractivity contribution in [1.82, 2.24) is 10.4 Å². The van der Waals surface area contributed by atoms with E-state index in [1.807, 2.05) is 23.6 Å². The number of nitrogens with two attached hydrogens (primary N) is 1. The zero-order chi connectivity index (χ0) is 12.3. The van der Waals surface area contributed by atoms with E-state index in [-0.39, 0.29) is 6.04 Å². The first-order valence-corrected chi connectivity index (χ1v) is 7.46. The van der Waals surface area contributed by atoms with Crippen LogP contribution in [0.3, 0.4) is 0 Å². The van der Waals surface area contributed by atoms with Crippen LogP contribution in [0.4, 0.5) is 0 Å². The van der Waals surface area contributed by atoms with Gasteiger partial charge in [0, 0.05) is 32.1 Å². The molecule has 0 radical (unpaired) electrons. The number of hydrogen-bond donors (Lipinski definition) is 2. The Labute approximate surface area is 121 Å². The highest BCUT2D eigenvalue weighted by atomic mass is 79.9. The average Bonchev–Trinajstić information content (AvgIpc) is 2.75. The number of rotatable bonds is 4. The van der Waals surface area contributed by atoms with Gasteiger partial charge in [-0.05, 0) is 55.4 Å². The van der Waals surface area contributed by atoms with Crippen LogP contribution >= 0.6 is 43.2 Å². The minimum atomic E-state index is 0.0815. The highest BCUT2D eigenvalue weighted by Gasteiger charge is 2.15. The maximum absolute atomic E-state index is 5.61. The lowest BCUT2D eigenvalue weighted by Gasteiger charge is -2.14. The number of thiophene rings is 1. The molecule has 6 heteroatoms. The lowest BCUT2D eigenvalue weighted by atomic mass is 10.1. The number of nitrogens with one attached hydrogen (secondary N) is 1. The molecule has 1 unspecified atom stereocenters. The van der Waals surface area contributed by atoms with Crippen LogP contribution in [0.1, 0.15) is 16.6 Å². The first-order valence-electron chi connectivity index (χ1n) is 5.00. The fourth-order valence-corrected chi connectivity index (χ4v) is 3.46. The summed E-state index contributed by atoms with van der Waals surface area (Å²) < 4.78 is 2.07. The Hall–Kier alpha value is -0.270. The van der Waals surface area contributed by atoms with E-state index in [0.717, 1.165) is 21.1 Å².